The average Bonchev–Trinajstić information content (AvgIpc) is 3.15. The second-order valence-electron chi connectivity index (χ2n) is 4.61. The van der Waals surface area contributed by atoms with Crippen LogP contribution in [-0.4, -0.2) is 21.2 Å². The van der Waals surface area contributed by atoms with Gasteiger partial charge in [-0.15, -0.1) is 0 Å². The van der Waals surface area contributed by atoms with Crippen LogP contribution in [0, 0.1) is 0 Å². The highest BCUT2D eigenvalue weighted by atomic mass is 32.1. The molecule has 5 nitrogen and oxygen atoms in total. The molecular weight excluding hydrogens is 284 g/mol. The Labute approximate surface area is 125 Å². The van der Waals surface area contributed by atoms with E-state index in [1.54, 1.807) is 22.2 Å². The quantitative estimate of drug-likeness (QED) is 0.594. The van der Waals surface area contributed by atoms with Crippen LogP contribution in [0.25, 0.3) is 11.0 Å². The van der Waals surface area contributed by atoms with Crippen LogP contribution in [0.4, 0.5) is 0 Å². The Kier molecular flexibility index (Phi) is 3.79. The third kappa shape index (κ3) is 3.00. The van der Waals surface area contributed by atoms with Crippen LogP contribution in [-0.2, 0) is 11.3 Å². The monoisotopic (exact) mass is 298 g/mol. The number of nitrogens with one attached hydrogen (secondary N) is 1. The molecule has 0 radical (unpaired) electrons. The summed E-state index contributed by atoms with van der Waals surface area (Å²) < 4.78 is 1.81. The minimum absolute atomic E-state index is 0.173. The molecule has 2 aromatic heterocycles. The third-order valence-electron chi connectivity index (χ3n) is 3.13. The number of hydrogen-bond donors (Lipinski definition) is 1. The molecule has 3 rings (SSSR count). The van der Waals surface area contributed by atoms with Crippen molar-refractivity contribution in [2.75, 3.05) is 0 Å². The van der Waals surface area contributed by atoms with E-state index in [0.29, 0.717) is 0 Å². The van der Waals surface area contributed by atoms with Gasteiger partial charge in [-0.05, 0) is 35.9 Å². The van der Waals surface area contributed by atoms with E-state index >= 15 is 0 Å². The van der Waals surface area contributed by atoms with Crippen molar-refractivity contribution in [3.8, 4) is 0 Å². The molecule has 1 N–H and O–H groups in total. The summed E-state index contributed by atoms with van der Waals surface area (Å²) in [7, 11) is 0. The average molecular weight is 298 g/mol. The number of carbonyl (C=O) groups is 1. The van der Waals surface area contributed by atoms with E-state index in [2.05, 4.69) is 15.5 Å². The lowest BCUT2D eigenvalue weighted by atomic mass is 10.2. The van der Waals surface area contributed by atoms with Crippen LogP contribution in [0.1, 0.15) is 12.5 Å². The van der Waals surface area contributed by atoms with Crippen LogP contribution in [0.15, 0.2) is 52.5 Å². The number of aromatic nitrogens is 2. The number of para-hydroxylation sites is 2. The summed E-state index contributed by atoms with van der Waals surface area (Å²) in [6.07, 6.45) is 1.67. The van der Waals surface area contributed by atoms with Crippen LogP contribution < -0.4 is 5.43 Å². The number of nitrogens with zero attached hydrogens (tertiary/aromatic N) is 3. The van der Waals surface area contributed by atoms with Gasteiger partial charge >= 0.3 is 0 Å². The van der Waals surface area contributed by atoms with Crippen molar-refractivity contribution in [1.29, 1.82) is 0 Å². The minimum Gasteiger partial charge on any atom is -0.321 e. The van der Waals surface area contributed by atoms with Gasteiger partial charge in [-0.1, -0.05) is 12.1 Å². The zero-order chi connectivity index (χ0) is 14.7. The van der Waals surface area contributed by atoms with E-state index in [0.717, 1.165) is 22.3 Å². The van der Waals surface area contributed by atoms with Gasteiger partial charge in [0, 0.05) is 5.56 Å². The predicted octanol–water partition coefficient (Wildman–Crippen LogP) is 2.64. The molecule has 0 spiro atoms. The number of imidazole rings is 1. The van der Waals surface area contributed by atoms with E-state index < -0.39 is 0 Å². The summed E-state index contributed by atoms with van der Waals surface area (Å²) in [5.41, 5.74) is 6.21. The Morgan fingerprint density at radius 3 is 3.05 bits per heavy atom. The molecule has 0 saturated heterocycles. The molecular formula is C15H14N4OS. The zero-order valence-corrected chi connectivity index (χ0v) is 12.3. The standard InChI is InChI=1S/C15H14N4OS/c1-11(12-6-7-21-9-12)17-18-15(20)8-19-10-16-13-4-2-3-5-14(13)19/h2-7,9-10H,8H2,1H3,(H,18,20)/b17-11-. The molecule has 1 aromatic carbocycles. The van der Waals surface area contributed by atoms with Crippen LogP contribution in [0.2, 0.25) is 0 Å². The second kappa shape index (κ2) is 5.88. The summed E-state index contributed by atoms with van der Waals surface area (Å²) in [5, 5.41) is 8.09. The van der Waals surface area contributed by atoms with Gasteiger partial charge < -0.3 is 4.57 Å². The maximum atomic E-state index is 12.0. The topological polar surface area (TPSA) is 59.3 Å². The lowest BCUT2D eigenvalue weighted by Crippen LogP contribution is -2.23. The summed E-state index contributed by atoms with van der Waals surface area (Å²) in [5.74, 6) is -0.173. The van der Waals surface area contributed by atoms with E-state index in [1.807, 2.05) is 48.0 Å². The molecule has 3 aromatic rings. The molecule has 2 heterocycles. The summed E-state index contributed by atoms with van der Waals surface area (Å²) >= 11 is 1.60. The number of hydrazone groups is 1. The van der Waals surface area contributed by atoms with Gasteiger partial charge in [0.25, 0.3) is 5.91 Å². The molecule has 0 saturated carbocycles. The van der Waals surface area contributed by atoms with Gasteiger partial charge in [0.05, 0.1) is 23.1 Å². The van der Waals surface area contributed by atoms with Gasteiger partial charge in [-0.3, -0.25) is 4.79 Å². The van der Waals surface area contributed by atoms with Gasteiger partial charge in [0.15, 0.2) is 0 Å². The highest BCUT2D eigenvalue weighted by Crippen LogP contribution is 2.11. The Hall–Kier alpha value is -2.47. The fraction of sp³-hybridized carbons (Fsp3) is 0.133. The molecule has 106 valence electrons. The smallest absolute Gasteiger partial charge is 0.260 e. The fourth-order valence-corrected chi connectivity index (χ4v) is 2.71. The maximum Gasteiger partial charge on any atom is 0.260 e. The van der Waals surface area contributed by atoms with Crippen molar-refractivity contribution in [1.82, 2.24) is 15.0 Å². The first-order chi connectivity index (χ1) is 10.2. The van der Waals surface area contributed by atoms with Crippen molar-refractivity contribution in [3.05, 3.63) is 53.0 Å². The number of amides is 1. The first-order valence-corrected chi connectivity index (χ1v) is 7.44. The third-order valence-corrected chi connectivity index (χ3v) is 3.81. The van der Waals surface area contributed by atoms with E-state index in [9.17, 15) is 4.79 Å². The number of hydrogen-bond acceptors (Lipinski definition) is 4. The maximum absolute atomic E-state index is 12.0. The Balaban J connectivity index is 1.68. The van der Waals surface area contributed by atoms with Gasteiger partial charge in [-0.25, -0.2) is 10.4 Å². The lowest BCUT2D eigenvalue weighted by Gasteiger charge is -2.04. The molecule has 0 fully saturated rings. The van der Waals surface area contributed by atoms with E-state index in [-0.39, 0.29) is 12.5 Å². The SMILES string of the molecule is C/C(=N/NC(=O)Cn1cnc2ccccc21)c1ccsc1. The van der Waals surface area contributed by atoms with Crippen molar-refractivity contribution in [2.45, 2.75) is 13.5 Å². The molecule has 0 aliphatic carbocycles. The number of thiophene rings is 1. The molecule has 0 aliphatic heterocycles. The molecule has 6 heteroatoms. The Morgan fingerprint density at radius 1 is 1.38 bits per heavy atom. The molecule has 0 aliphatic rings. The predicted molar refractivity (Wildman–Crippen MR) is 84.4 cm³/mol. The summed E-state index contributed by atoms with van der Waals surface area (Å²) in [6.45, 7) is 2.07. The molecule has 21 heavy (non-hydrogen) atoms. The Morgan fingerprint density at radius 2 is 2.24 bits per heavy atom. The van der Waals surface area contributed by atoms with Crippen molar-refractivity contribution < 1.29 is 4.79 Å². The highest BCUT2D eigenvalue weighted by Gasteiger charge is 2.06. The lowest BCUT2D eigenvalue weighted by molar-refractivity contribution is -0.121. The summed E-state index contributed by atoms with van der Waals surface area (Å²) in [4.78, 5) is 16.2. The van der Waals surface area contributed by atoms with Crippen molar-refractivity contribution in [3.63, 3.8) is 0 Å². The van der Waals surface area contributed by atoms with Crippen LogP contribution in [0.5, 0.6) is 0 Å². The summed E-state index contributed by atoms with van der Waals surface area (Å²) in [6, 6.07) is 9.68. The van der Waals surface area contributed by atoms with E-state index in [4.69, 9.17) is 0 Å². The van der Waals surface area contributed by atoms with Crippen molar-refractivity contribution in [2.24, 2.45) is 5.10 Å². The molecule has 0 unspecified atom stereocenters. The van der Waals surface area contributed by atoms with E-state index in [1.165, 1.54) is 0 Å². The minimum atomic E-state index is -0.173. The largest absolute Gasteiger partial charge is 0.321 e. The number of carbonyl (C=O) groups excluding carboxylic acids is 1. The normalized spacial score (nSPS) is 11.8. The first kappa shape index (κ1) is 13.5. The zero-order valence-electron chi connectivity index (χ0n) is 11.5. The fourth-order valence-electron chi connectivity index (χ4n) is 2.01. The number of benzene rings is 1. The van der Waals surface area contributed by atoms with Gasteiger partial charge in [0.1, 0.15) is 6.54 Å². The molecule has 0 atom stereocenters. The van der Waals surface area contributed by atoms with Crippen molar-refractivity contribution >= 4 is 34.0 Å². The second-order valence-corrected chi connectivity index (χ2v) is 5.39. The first-order valence-electron chi connectivity index (χ1n) is 6.49. The van der Waals surface area contributed by atoms with Gasteiger partial charge in [0.2, 0.25) is 0 Å². The van der Waals surface area contributed by atoms with Crippen LogP contribution >= 0.6 is 11.3 Å². The van der Waals surface area contributed by atoms with Gasteiger partial charge in [-0.2, -0.15) is 16.4 Å². The number of fused-ring (bicyclic) bond motifs is 1. The van der Waals surface area contributed by atoms with Crippen LogP contribution in [0.3, 0.4) is 0 Å². The molecule has 1 amide bonds. The highest BCUT2D eigenvalue weighted by molar-refractivity contribution is 7.08. The Bertz CT molecular complexity index is 789. The molecule has 0 bridgehead atoms. The number of rotatable bonds is 4.